The van der Waals surface area contributed by atoms with Crippen LogP contribution in [-0.4, -0.2) is 0 Å². The van der Waals surface area contributed by atoms with Crippen molar-refractivity contribution in [1.82, 2.24) is 0 Å². The van der Waals surface area contributed by atoms with E-state index in [-0.39, 0.29) is 0 Å². The SMILES string of the molecule is C[CH]CCCCCC=C(Cl)Cl. The normalized spacial score (nSPS) is 9.73. The van der Waals surface area contributed by atoms with Crippen molar-refractivity contribution < 1.29 is 0 Å². The number of allylic oxidation sites excluding steroid dienone is 1. The van der Waals surface area contributed by atoms with Gasteiger partial charge in [-0.25, -0.2) is 0 Å². The van der Waals surface area contributed by atoms with Crippen LogP contribution in [0.5, 0.6) is 0 Å². The Morgan fingerprint density at radius 2 is 1.73 bits per heavy atom. The van der Waals surface area contributed by atoms with Crippen LogP contribution in [0, 0.1) is 6.42 Å². The lowest BCUT2D eigenvalue weighted by Crippen LogP contribution is -1.76. The molecule has 0 aromatic carbocycles. The van der Waals surface area contributed by atoms with E-state index in [0.717, 1.165) is 6.42 Å². The van der Waals surface area contributed by atoms with Crippen molar-refractivity contribution in [2.45, 2.75) is 39.0 Å². The molecule has 0 N–H and O–H groups in total. The highest BCUT2D eigenvalue weighted by atomic mass is 35.5. The number of unbranched alkanes of at least 4 members (excludes halogenated alkanes) is 5. The van der Waals surface area contributed by atoms with Crippen LogP contribution >= 0.6 is 23.2 Å². The Kier molecular flexibility index (Phi) is 8.66. The molecule has 1 radical (unpaired) electrons. The van der Waals surface area contributed by atoms with Crippen LogP contribution in [0.15, 0.2) is 10.6 Å². The van der Waals surface area contributed by atoms with Crippen molar-refractivity contribution in [2.75, 3.05) is 0 Å². The predicted molar refractivity (Wildman–Crippen MR) is 52.8 cm³/mol. The van der Waals surface area contributed by atoms with Gasteiger partial charge in [0.2, 0.25) is 0 Å². The highest BCUT2D eigenvalue weighted by molar-refractivity contribution is 6.55. The molecule has 11 heavy (non-hydrogen) atoms. The maximum atomic E-state index is 5.44. The molecule has 2 heteroatoms. The van der Waals surface area contributed by atoms with Gasteiger partial charge in [0.05, 0.1) is 0 Å². The summed E-state index contributed by atoms with van der Waals surface area (Å²) in [5.74, 6) is 0. The molecule has 0 heterocycles. The largest absolute Gasteiger partial charge is 0.102 e. The Hall–Kier alpha value is 0.320. The molecule has 0 aromatic heterocycles. The van der Waals surface area contributed by atoms with E-state index in [1.165, 1.54) is 25.7 Å². The van der Waals surface area contributed by atoms with Crippen molar-refractivity contribution >= 4 is 23.2 Å². The van der Waals surface area contributed by atoms with Gasteiger partial charge in [0.15, 0.2) is 0 Å². The lowest BCUT2D eigenvalue weighted by molar-refractivity contribution is 0.682. The summed E-state index contributed by atoms with van der Waals surface area (Å²) < 4.78 is 0.395. The molecule has 65 valence electrons. The predicted octanol–water partition coefficient (Wildman–Crippen LogP) is 4.48. The molecule has 0 saturated carbocycles. The first-order valence-electron chi connectivity index (χ1n) is 4.06. The summed E-state index contributed by atoms with van der Waals surface area (Å²) in [5, 5.41) is 0. The second-order valence-electron chi connectivity index (χ2n) is 2.54. The molecule has 0 amide bonds. The van der Waals surface area contributed by atoms with Crippen LogP contribution in [0.4, 0.5) is 0 Å². The molecule has 0 bridgehead atoms. The van der Waals surface area contributed by atoms with Gasteiger partial charge in [-0.3, -0.25) is 0 Å². The van der Waals surface area contributed by atoms with E-state index in [1.54, 1.807) is 0 Å². The first-order chi connectivity index (χ1) is 5.27. The first kappa shape index (κ1) is 11.3. The Morgan fingerprint density at radius 3 is 2.27 bits per heavy atom. The highest BCUT2D eigenvalue weighted by Crippen LogP contribution is 2.11. The fraction of sp³-hybridized carbons (Fsp3) is 0.667. The van der Waals surface area contributed by atoms with Crippen LogP contribution in [0.1, 0.15) is 39.0 Å². The van der Waals surface area contributed by atoms with Gasteiger partial charge >= 0.3 is 0 Å². The summed E-state index contributed by atoms with van der Waals surface area (Å²) in [5.41, 5.74) is 0. The summed E-state index contributed by atoms with van der Waals surface area (Å²) >= 11 is 10.9. The van der Waals surface area contributed by atoms with Crippen LogP contribution < -0.4 is 0 Å². The molecule has 0 nitrogen and oxygen atoms in total. The van der Waals surface area contributed by atoms with Crippen LogP contribution in [0.3, 0.4) is 0 Å². The third-order valence-corrected chi connectivity index (χ3v) is 1.80. The van der Waals surface area contributed by atoms with Gasteiger partial charge in [-0.2, -0.15) is 0 Å². The average molecular weight is 194 g/mol. The van der Waals surface area contributed by atoms with Crippen molar-refractivity contribution in [3.63, 3.8) is 0 Å². The fourth-order valence-electron chi connectivity index (χ4n) is 0.881. The summed E-state index contributed by atoms with van der Waals surface area (Å²) in [6.45, 7) is 2.09. The molecule has 0 atom stereocenters. The zero-order valence-corrected chi connectivity index (χ0v) is 8.46. The van der Waals surface area contributed by atoms with Gasteiger partial charge in [0, 0.05) is 0 Å². The smallest absolute Gasteiger partial charge is 0.0713 e. The number of hydrogen-bond acceptors (Lipinski definition) is 0. The maximum absolute atomic E-state index is 5.44. The van der Waals surface area contributed by atoms with Crippen molar-refractivity contribution in [3.05, 3.63) is 17.0 Å². The number of halogens is 2. The molecular weight excluding hydrogens is 179 g/mol. The average Bonchev–Trinajstić information content (AvgIpc) is 1.96. The monoisotopic (exact) mass is 193 g/mol. The fourth-order valence-corrected chi connectivity index (χ4v) is 1.10. The molecule has 0 aromatic rings. The van der Waals surface area contributed by atoms with E-state index in [1.807, 2.05) is 6.08 Å². The molecule has 0 rings (SSSR count). The van der Waals surface area contributed by atoms with Gasteiger partial charge in [-0.05, 0) is 19.3 Å². The van der Waals surface area contributed by atoms with Crippen molar-refractivity contribution in [2.24, 2.45) is 0 Å². The number of hydrogen-bond donors (Lipinski definition) is 0. The Bertz CT molecular complexity index is 104. The molecule has 0 saturated heterocycles. The molecule has 0 aliphatic rings. The topological polar surface area (TPSA) is 0 Å². The van der Waals surface area contributed by atoms with E-state index in [0.29, 0.717) is 4.49 Å². The minimum absolute atomic E-state index is 0.395. The lowest BCUT2D eigenvalue weighted by atomic mass is 10.1. The van der Waals surface area contributed by atoms with E-state index in [9.17, 15) is 0 Å². The van der Waals surface area contributed by atoms with Gasteiger partial charge in [-0.15, -0.1) is 0 Å². The Labute approximate surface area is 79.6 Å². The van der Waals surface area contributed by atoms with Gasteiger partial charge < -0.3 is 0 Å². The van der Waals surface area contributed by atoms with Gasteiger partial charge in [0.1, 0.15) is 4.49 Å². The Balaban J connectivity index is 2.97. The summed E-state index contributed by atoms with van der Waals surface area (Å²) in [6, 6.07) is 0. The molecule has 0 spiro atoms. The number of rotatable bonds is 6. The minimum atomic E-state index is 0.395. The second-order valence-corrected chi connectivity index (χ2v) is 3.55. The van der Waals surface area contributed by atoms with Crippen LogP contribution in [0.2, 0.25) is 0 Å². The van der Waals surface area contributed by atoms with E-state index in [4.69, 9.17) is 23.2 Å². The van der Waals surface area contributed by atoms with E-state index >= 15 is 0 Å². The van der Waals surface area contributed by atoms with Gasteiger partial charge in [-0.1, -0.05) is 55.5 Å². The first-order valence-corrected chi connectivity index (χ1v) is 4.82. The van der Waals surface area contributed by atoms with E-state index in [2.05, 4.69) is 13.3 Å². The minimum Gasteiger partial charge on any atom is -0.0713 e. The zero-order valence-electron chi connectivity index (χ0n) is 6.95. The lowest BCUT2D eigenvalue weighted by Gasteiger charge is -1.95. The molecule has 0 aliphatic heterocycles. The van der Waals surface area contributed by atoms with Gasteiger partial charge in [0.25, 0.3) is 0 Å². The third-order valence-electron chi connectivity index (χ3n) is 1.50. The maximum Gasteiger partial charge on any atom is 0.102 e. The van der Waals surface area contributed by atoms with Crippen LogP contribution in [0.25, 0.3) is 0 Å². The summed E-state index contributed by atoms with van der Waals surface area (Å²) in [6.07, 6.45) is 10.0. The second kappa shape index (κ2) is 8.42. The molecule has 0 unspecified atom stereocenters. The standard InChI is InChI=1S/C9H15Cl2/c1-2-3-4-5-6-7-8-9(10)11/h2,8H,3-7H2,1H3. The highest BCUT2D eigenvalue weighted by Gasteiger charge is 1.87. The molecular formula is C9H15Cl2. The molecule has 0 fully saturated rings. The van der Waals surface area contributed by atoms with Crippen LogP contribution in [-0.2, 0) is 0 Å². The molecule has 0 aliphatic carbocycles. The summed E-state index contributed by atoms with van der Waals surface area (Å²) in [4.78, 5) is 0. The Morgan fingerprint density at radius 1 is 1.09 bits per heavy atom. The quantitative estimate of drug-likeness (QED) is 0.547. The van der Waals surface area contributed by atoms with Crippen molar-refractivity contribution in [1.29, 1.82) is 0 Å². The summed E-state index contributed by atoms with van der Waals surface area (Å²) in [7, 11) is 0. The van der Waals surface area contributed by atoms with E-state index < -0.39 is 0 Å². The third kappa shape index (κ3) is 10.3. The zero-order chi connectivity index (χ0) is 8.53. The van der Waals surface area contributed by atoms with Crippen molar-refractivity contribution in [3.8, 4) is 0 Å².